The number of ether oxygens (including phenoxy) is 2. The van der Waals surface area contributed by atoms with Gasteiger partial charge in [-0.3, -0.25) is 10.2 Å². The molecule has 0 aliphatic carbocycles. The summed E-state index contributed by atoms with van der Waals surface area (Å²) in [5, 5.41) is 5.36. The van der Waals surface area contributed by atoms with E-state index in [2.05, 4.69) is 22.2 Å². The standard InChI is InChI=1S/C15H20N2O3S/c1-15(10-4-5-13(18)20-3)17-16-14(21-15)11-6-8-12(19-2)9-7-11/h6-9,17H,4-5,10H2,1-3H3. The Bertz CT molecular complexity index is 530. The van der Waals surface area contributed by atoms with Crippen LogP contribution in [0.25, 0.3) is 0 Å². The molecule has 1 unspecified atom stereocenters. The van der Waals surface area contributed by atoms with Gasteiger partial charge >= 0.3 is 5.97 Å². The lowest BCUT2D eigenvalue weighted by Gasteiger charge is -2.22. The van der Waals surface area contributed by atoms with Crippen LogP contribution in [0.2, 0.25) is 0 Å². The van der Waals surface area contributed by atoms with Gasteiger partial charge in [0.2, 0.25) is 0 Å². The Hall–Kier alpha value is -1.69. The quantitative estimate of drug-likeness (QED) is 0.819. The molecule has 0 amide bonds. The van der Waals surface area contributed by atoms with Gasteiger partial charge in [-0.15, -0.1) is 0 Å². The molecule has 0 aromatic heterocycles. The van der Waals surface area contributed by atoms with Crippen molar-refractivity contribution in [3.8, 4) is 5.75 Å². The van der Waals surface area contributed by atoms with Crippen molar-refractivity contribution >= 4 is 22.8 Å². The first-order chi connectivity index (χ1) is 10.1. The van der Waals surface area contributed by atoms with Gasteiger partial charge in [0.05, 0.1) is 14.2 Å². The molecule has 1 aliphatic heterocycles. The molecule has 0 bridgehead atoms. The van der Waals surface area contributed by atoms with Crippen LogP contribution < -0.4 is 10.2 Å². The zero-order chi connectivity index (χ0) is 15.3. The summed E-state index contributed by atoms with van der Waals surface area (Å²) in [6, 6.07) is 7.83. The maximum absolute atomic E-state index is 11.1. The van der Waals surface area contributed by atoms with E-state index in [4.69, 9.17) is 4.74 Å². The maximum Gasteiger partial charge on any atom is 0.305 e. The van der Waals surface area contributed by atoms with Crippen LogP contribution in [0.5, 0.6) is 5.75 Å². The molecule has 1 aliphatic rings. The van der Waals surface area contributed by atoms with Crippen molar-refractivity contribution in [3.05, 3.63) is 29.8 Å². The number of carbonyl (C=O) groups excluding carboxylic acids is 1. The molecule has 1 aromatic carbocycles. The van der Waals surface area contributed by atoms with Crippen LogP contribution >= 0.6 is 11.8 Å². The van der Waals surface area contributed by atoms with Crippen LogP contribution in [0.3, 0.4) is 0 Å². The molecule has 0 saturated carbocycles. The fourth-order valence-corrected chi connectivity index (χ4v) is 3.17. The fourth-order valence-electron chi connectivity index (χ4n) is 2.06. The molecule has 114 valence electrons. The Kier molecular flexibility index (Phi) is 5.12. The Balaban J connectivity index is 1.90. The Morgan fingerprint density at radius 2 is 2.05 bits per heavy atom. The minimum absolute atomic E-state index is 0.169. The van der Waals surface area contributed by atoms with Gasteiger partial charge in [0.1, 0.15) is 15.7 Å². The topological polar surface area (TPSA) is 59.9 Å². The highest BCUT2D eigenvalue weighted by atomic mass is 32.2. The first-order valence-electron chi connectivity index (χ1n) is 6.81. The van der Waals surface area contributed by atoms with Gasteiger partial charge in [0, 0.05) is 12.0 Å². The number of benzene rings is 1. The number of methoxy groups -OCH3 is 2. The van der Waals surface area contributed by atoms with Gasteiger partial charge in [0.25, 0.3) is 0 Å². The van der Waals surface area contributed by atoms with Crippen LogP contribution in [0, 0.1) is 0 Å². The lowest BCUT2D eigenvalue weighted by atomic mass is 10.1. The number of hydrogen-bond acceptors (Lipinski definition) is 6. The molecule has 6 heteroatoms. The van der Waals surface area contributed by atoms with E-state index in [1.54, 1.807) is 18.9 Å². The minimum atomic E-state index is -0.177. The van der Waals surface area contributed by atoms with Gasteiger partial charge in [-0.05, 0) is 44.0 Å². The number of hydrazone groups is 1. The second-order valence-electron chi connectivity index (χ2n) is 5.02. The third-order valence-electron chi connectivity index (χ3n) is 3.32. The molecule has 21 heavy (non-hydrogen) atoms. The van der Waals surface area contributed by atoms with Crippen molar-refractivity contribution < 1.29 is 14.3 Å². The highest BCUT2D eigenvalue weighted by Crippen LogP contribution is 2.35. The Morgan fingerprint density at radius 1 is 1.33 bits per heavy atom. The molecule has 0 spiro atoms. The van der Waals surface area contributed by atoms with E-state index in [1.807, 2.05) is 24.3 Å². The summed E-state index contributed by atoms with van der Waals surface area (Å²) in [5.41, 5.74) is 4.23. The molecular weight excluding hydrogens is 288 g/mol. The van der Waals surface area contributed by atoms with Crippen molar-refractivity contribution in [1.82, 2.24) is 5.43 Å². The first-order valence-corrected chi connectivity index (χ1v) is 7.63. The fraction of sp³-hybridized carbons (Fsp3) is 0.467. The summed E-state index contributed by atoms with van der Waals surface area (Å²) < 4.78 is 9.81. The maximum atomic E-state index is 11.1. The van der Waals surface area contributed by atoms with E-state index in [-0.39, 0.29) is 10.8 Å². The number of nitrogens with one attached hydrogen (secondary N) is 1. The van der Waals surface area contributed by atoms with Gasteiger partial charge < -0.3 is 9.47 Å². The Labute approximate surface area is 129 Å². The largest absolute Gasteiger partial charge is 0.497 e. The summed E-state index contributed by atoms with van der Waals surface area (Å²) >= 11 is 1.68. The summed E-state index contributed by atoms with van der Waals surface area (Å²) in [5.74, 6) is 0.661. The van der Waals surface area contributed by atoms with E-state index < -0.39 is 0 Å². The third kappa shape index (κ3) is 4.14. The molecule has 0 radical (unpaired) electrons. The average Bonchev–Trinajstić information content (AvgIpc) is 2.89. The molecule has 1 N–H and O–H groups in total. The van der Waals surface area contributed by atoms with Crippen LogP contribution in [0.4, 0.5) is 0 Å². The second kappa shape index (κ2) is 6.85. The van der Waals surface area contributed by atoms with E-state index >= 15 is 0 Å². The van der Waals surface area contributed by atoms with E-state index in [1.165, 1.54) is 7.11 Å². The van der Waals surface area contributed by atoms with Gasteiger partial charge in [-0.25, -0.2) is 0 Å². The highest BCUT2D eigenvalue weighted by Gasteiger charge is 2.32. The molecular formula is C15H20N2O3S. The van der Waals surface area contributed by atoms with E-state index in [9.17, 15) is 4.79 Å². The lowest BCUT2D eigenvalue weighted by Crippen LogP contribution is -2.31. The molecule has 1 aromatic rings. The summed E-state index contributed by atoms with van der Waals surface area (Å²) in [7, 11) is 3.06. The predicted octanol–water partition coefficient (Wildman–Crippen LogP) is 2.75. The molecule has 1 heterocycles. The zero-order valence-corrected chi connectivity index (χ0v) is 13.3. The van der Waals surface area contributed by atoms with Gasteiger partial charge in [-0.2, -0.15) is 5.10 Å². The zero-order valence-electron chi connectivity index (χ0n) is 12.5. The van der Waals surface area contributed by atoms with Crippen molar-refractivity contribution in [3.63, 3.8) is 0 Å². The minimum Gasteiger partial charge on any atom is -0.497 e. The molecule has 0 fully saturated rings. The molecule has 2 rings (SSSR count). The predicted molar refractivity (Wildman–Crippen MR) is 84.5 cm³/mol. The van der Waals surface area contributed by atoms with Crippen LogP contribution in [-0.4, -0.2) is 30.1 Å². The van der Waals surface area contributed by atoms with Crippen molar-refractivity contribution in [2.45, 2.75) is 31.1 Å². The number of nitrogens with zero attached hydrogens (tertiary/aromatic N) is 1. The normalized spacial score (nSPS) is 20.6. The van der Waals surface area contributed by atoms with Gasteiger partial charge in [0.15, 0.2) is 0 Å². The van der Waals surface area contributed by atoms with Gasteiger partial charge in [-0.1, -0.05) is 11.8 Å². The van der Waals surface area contributed by atoms with Crippen molar-refractivity contribution in [2.75, 3.05) is 14.2 Å². The summed E-state index contributed by atoms with van der Waals surface area (Å²) in [6.45, 7) is 2.09. The monoisotopic (exact) mass is 308 g/mol. The SMILES string of the molecule is COC(=O)CCCC1(C)NN=C(c2ccc(OC)cc2)S1. The van der Waals surface area contributed by atoms with Crippen molar-refractivity contribution in [2.24, 2.45) is 5.10 Å². The Morgan fingerprint density at radius 3 is 2.67 bits per heavy atom. The number of esters is 1. The number of rotatable bonds is 6. The van der Waals surface area contributed by atoms with E-state index in [0.29, 0.717) is 6.42 Å². The number of hydrogen-bond donors (Lipinski definition) is 1. The average molecular weight is 308 g/mol. The third-order valence-corrected chi connectivity index (χ3v) is 4.58. The lowest BCUT2D eigenvalue weighted by molar-refractivity contribution is -0.140. The molecule has 1 atom stereocenters. The number of carbonyl (C=O) groups is 1. The number of thioether (sulfide) groups is 1. The summed E-state index contributed by atoms with van der Waals surface area (Å²) in [4.78, 5) is 11.0. The first kappa shape index (κ1) is 15.7. The van der Waals surface area contributed by atoms with Crippen LogP contribution in [0.15, 0.2) is 29.4 Å². The van der Waals surface area contributed by atoms with Crippen LogP contribution in [0.1, 0.15) is 31.7 Å². The second-order valence-corrected chi connectivity index (χ2v) is 6.51. The van der Waals surface area contributed by atoms with Crippen LogP contribution in [-0.2, 0) is 9.53 Å². The molecule has 5 nitrogen and oxygen atoms in total. The summed E-state index contributed by atoms with van der Waals surface area (Å²) in [6.07, 6.45) is 2.05. The van der Waals surface area contributed by atoms with Crippen molar-refractivity contribution in [1.29, 1.82) is 0 Å². The smallest absolute Gasteiger partial charge is 0.305 e. The highest BCUT2D eigenvalue weighted by molar-refractivity contribution is 8.15. The van der Waals surface area contributed by atoms with E-state index in [0.717, 1.165) is 29.2 Å². The molecule has 0 saturated heterocycles.